The third-order valence-electron chi connectivity index (χ3n) is 1.46. The molecule has 0 radical (unpaired) electrons. The van der Waals surface area contributed by atoms with Gasteiger partial charge >= 0.3 is 0 Å². The van der Waals surface area contributed by atoms with Crippen molar-refractivity contribution in [3.63, 3.8) is 0 Å². The zero-order chi connectivity index (χ0) is 7.94. The van der Waals surface area contributed by atoms with Crippen molar-refractivity contribution >= 4 is 0 Å². The molecule has 0 amide bonds. The topological polar surface area (TPSA) is 40.8 Å². The zero-order valence-electron chi connectivity index (χ0n) is 6.33. The fourth-order valence-corrected chi connectivity index (χ4v) is 0.925. The molecule has 1 N–H and O–H groups in total. The van der Waals surface area contributed by atoms with Crippen LogP contribution in [0, 0.1) is 11.5 Å². The Labute approximate surface area is 66.3 Å². The molecule has 1 heterocycles. The summed E-state index contributed by atoms with van der Waals surface area (Å²) >= 11 is 0. The molecule has 0 aliphatic carbocycles. The molecular weight excluding hydrogens is 138 g/mol. The van der Waals surface area contributed by atoms with Gasteiger partial charge in [-0.3, -0.25) is 0 Å². The predicted octanol–water partition coefficient (Wildman–Crippen LogP) is 0.949. The molecule has 0 saturated carbocycles. The number of nitrogens with one attached hydrogen (secondary N) is 1. The second-order valence-corrected chi connectivity index (χ2v) is 2.31. The SMILES string of the molecule is N#CNCCCn1cccc1. The van der Waals surface area contributed by atoms with Gasteiger partial charge in [0.15, 0.2) is 6.19 Å². The molecule has 11 heavy (non-hydrogen) atoms. The van der Waals surface area contributed by atoms with Crippen LogP contribution in [0.1, 0.15) is 6.42 Å². The van der Waals surface area contributed by atoms with E-state index in [9.17, 15) is 0 Å². The van der Waals surface area contributed by atoms with Gasteiger partial charge in [-0.25, -0.2) is 0 Å². The van der Waals surface area contributed by atoms with Crippen LogP contribution >= 0.6 is 0 Å². The van der Waals surface area contributed by atoms with E-state index in [4.69, 9.17) is 5.26 Å². The third kappa shape index (κ3) is 2.76. The van der Waals surface area contributed by atoms with Gasteiger partial charge in [-0.15, -0.1) is 0 Å². The van der Waals surface area contributed by atoms with Crippen LogP contribution in [-0.4, -0.2) is 11.1 Å². The highest BCUT2D eigenvalue weighted by Crippen LogP contribution is 1.91. The quantitative estimate of drug-likeness (QED) is 0.393. The van der Waals surface area contributed by atoms with Gasteiger partial charge in [0.1, 0.15) is 0 Å². The van der Waals surface area contributed by atoms with Crippen LogP contribution in [-0.2, 0) is 6.54 Å². The molecule has 0 unspecified atom stereocenters. The molecule has 1 aromatic rings. The van der Waals surface area contributed by atoms with Gasteiger partial charge in [-0.1, -0.05) is 0 Å². The number of nitrogens with zero attached hydrogens (tertiary/aromatic N) is 2. The first-order chi connectivity index (χ1) is 5.43. The molecule has 0 spiro atoms. The van der Waals surface area contributed by atoms with Crippen LogP contribution in [0.5, 0.6) is 0 Å². The minimum absolute atomic E-state index is 0.759. The standard InChI is InChI=1S/C8H11N3/c9-8-10-4-3-7-11-5-1-2-6-11/h1-2,5-6,10H,3-4,7H2. The molecule has 0 aliphatic heterocycles. The maximum Gasteiger partial charge on any atom is 0.176 e. The average molecular weight is 149 g/mol. The van der Waals surface area contributed by atoms with E-state index in [-0.39, 0.29) is 0 Å². The van der Waals surface area contributed by atoms with Crippen molar-refractivity contribution < 1.29 is 0 Å². The Hall–Kier alpha value is -1.43. The lowest BCUT2D eigenvalue weighted by molar-refractivity contribution is 0.629. The Morgan fingerprint density at radius 1 is 1.36 bits per heavy atom. The van der Waals surface area contributed by atoms with E-state index in [1.54, 1.807) is 0 Å². The van der Waals surface area contributed by atoms with E-state index >= 15 is 0 Å². The fraction of sp³-hybridized carbons (Fsp3) is 0.375. The summed E-state index contributed by atoms with van der Waals surface area (Å²) in [6.45, 7) is 1.73. The van der Waals surface area contributed by atoms with Gasteiger partial charge in [0.05, 0.1) is 0 Å². The van der Waals surface area contributed by atoms with Crippen molar-refractivity contribution in [2.45, 2.75) is 13.0 Å². The Balaban J connectivity index is 2.10. The zero-order valence-corrected chi connectivity index (χ0v) is 6.33. The van der Waals surface area contributed by atoms with Gasteiger partial charge < -0.3 is 9.88 Å². The molecule has 0 atom stereocenters. The fourth-order valence-electron chi connectivity index (χ4n) is 0.925. The molecule has 0 fully saturated rings. The molecule has 3 nitrogen and oxygen atoms in total. The van der Waals surface area contributed by atoms with Gasteiger partial charge in [0.2, 0.25) is 0 Å². The Bertz CT molecular complexity index is 220. The summed E-state index contributed by atoms with van der Waals surface area (Å²) in [6, 6.07) is 4.00. The van der Waals surface area contributed by atoms with Gasteiger partial charge in [-0.2, -0.15) is 5.26 Å². The molecule has 58 valence electrons. The maximum absolute atomic E-state index is 8.16. The molecule has 1 aromatic heterocycles. The number of aryl methyl sites for hydroxylation is 1. The van der Waals surface area contributed by atoms with E-state index in [0.717, 1.165) is 19.5 Å². The molecule has 0 aromatic carbocycles. The Kier molecular flexibility index (Phi) is 3.07. The van der Waals surface area contributed by atoms with Crippen LogP contribution in [0.25, 0.3) is 0 Å². The summed E-state index contributed by atoms with van der Waals surface area (Å²) in [5, 5.41) is 10.8. The van der Waals surface area contributed by atoms with E-state index in [1.807, 2.05) is 30.7 Å². The van der Waals surface area contributed by atoms with Gasteiger partial charge in [0.25, 0.3) is 0 Å². The van der Waals surface area contributed by atoms with Crippen LogP contribution in [0.2, 0.25) is 0 Å². The van der Waals surface area contributed by atoms with E-state index in [0.29, 0.717) is 0 Å². The van der Waals surface area contributed by atoms with Crippen molar-refractivity contribution in [2.75, 3.05) is 6.54 Å². The first-order valence-corrected chi connectivity index (χ1v) is 3.66. The molecular formula is C8H11N3. The van der Waals surface area contributed by atoms with Crippen molar-refractivity contribution in [1.29, 1.82) is 5.26 Å². The molecule has 1 rings (SSSR count). The average Bonchev–Trinajstić information content (AvgIpc) is 2.50. The first kappa shape index (κ1) is 7.67. The molecule has 0 bridgehead atoms. The maximum atomic E-state index is 8.16. The normalized spacial score (nSPS) is 9.00. The van der Waals surface area contributed by atoms with Gasteiger partial charge in [-0.05, 0) is 18.6 Å². The summed E-state index contributed by atoms with van der Waals surface area (Å²) in [5.41, 5.74) is 0. The van der Waals surface area contributed by atoms with Crippen molar-refractivity contribution in [1.82, 2.24) is 9.88 Å². The van der Waals surface area contributed by atoms with Crippen LogP contribution in [0.4, 0.5) is 0 Å². The number of nitriles is 1. The van der Waals surface area contributed by atoms with Crippen LogP contribution in [0.15, 0.2) is 24.5 Å². The third-order valence-corrected chi connectivity index (χ3v) is 1.46. The predicted molar refractivity (Wildman–Crippen MR) is 42.7 cm³/mol. The van der Waals surface area contributed by atoms with Crippen molar-refractivity contribution in [3.8, 4) is 6.19 Å². The van der Waals surface area contributed by atoms with E-state index in [2.05, 4.69) is 9.88 Å². The van der Waals surface area contributed by atoms with E-state index in [1.165, 1.54) is 0 Å². The lowest BCUT2D eigenvalue weighted by Crippen LogP contribution is -2.09. The molecule has 0 aliphatic rings. The summed E-state index contributed by atoms with van der Waals surface area (Å²) in [5.74, 6) is 0. The minimum atomic E-state index is 0.759. The lowest BCUT2D eigenvalue weighted by Gasteiger charge is -2.00. The lowest BCUT2D eigenvalue weighted by atomic mass is 10.4. The highest BCUT2D eigenvalue weighted by atomic mass is 14.9. The monoisotopic (exact) mass is 149 g/mol. The summed E-state index contributed by atoms with van der Waals surface area (Å²) in [4.78, 5) is 0. The largest absolute Gasteiger partial charge is 0.354 e. The summed E-state index contributed by atoms with van der Waals surface area (Å²) in [6.07, 6.45) is 6.92. The Morgan fingerprint density at radius 2 is 2.09 bits per heavy atom. The van der Waals surface area contributed by atoms with E-state index < -0.39 is 0 Å². The van der Waals surface area contributed by atoms with Crippen LogP contribution in [0.3, 0.4) is 0 Å². The summed E-state index contributed by atoms with van der Waals surface area (Å²) in [7, 11) is 0. The highest BCUT2D eigenvalue weighted by Gasteiger charge is 1.87. The van der Waals surface area contributed by atoms with Crippen LogP contribution < -0.4 is 5.32 Å². The molecule has 0 saturated heterocycles. The summed E-state index contributed by atoms with van der Waals surface area (Å²) < 4.78 is 2.10. The first-order valence-electron chi connectivity index (χ1n) is 3.66. The number of aromatic nitrogens is 1. The molecule has 3 heteroatoms. The second kappa shape index (κ2) is 4.40. The second-order valence-electron chi connectivity index (χ2n) is 2.31. The highest BCUT2D eigenvalue weighted by molar-refractivity contribution is 4.90. The number of rotatable bonds is 4. The minimum Gasteiger partial charge on any atom is -0.354 e. The number of hydrogen-bond acceptors (Lipinski definition) is 2. The smallest absolute Gasteiger partial charge is 0.176 e. The van der Waals surface area contributed by atoms with Crippen molar-refractivity contribution in [2.24, 2.45) is 0 Å². The van der Waals surface area contributed by atoms with Gasteiger partial charge in [0, 0.05) is 25.5 Å². The Morgan fingerprint density at radius 3 is 2.73 bits per heavy atom. The van der Waals surface area contributed by atoms with Crippen molar-refractivity contribution in [3.05, 3.63) is 24.5 Å². The number of hydrogen-bond donors (Lipinski definition) is 1.